The van der Waals surface area contributed by atoms with Crippen LogP contribution in [0, 0.1) is 0 Å². The number of nitrogens with one attached hydrogen (secondary N) is 1. The number of carbonyl (C=O) groups excluding carboxylic acids is 1. The molecule has 1 N–H and O–H groups in total. The van der Waals surface area contributed by atoms with Crippen molar-refractivity contribution < 1.29 is 4.79 Å². The lowest BCUT2D eigenvalue weighted by molar-refractivity contribution is -0.120. The molecule has 0 fully saturated rings. The van der Waals surface area contributed by atoms with Crippen LogP contribution in [0.4, 0.5) is 0 Å². The number of nitrogens with zero attached hydrogens (tertiary/aromatic N) is 1. The predicted octanol–water partition coefficient (Wildman–Crippen LogP) is 4.75. The largest absolute Gasteiger partial charge is 0.273 e. The van der Waals surface area contributed by atoms with E-state index >= 15 is 0 Å². The van der Waals surface area contributed by atoms with E-state index in [4.69, 9.17) is 0 Å². The quantitative estimate of drug-likeness (QED) is 0.510. The van der Waals surface area contributed by atoms with Gasteiger partial charge in [-0.3, -0.25) is 4.79 Å². The molecule has 0 bridgehead atoms. The third-order valence-corrected chi connectivity index (χ3v) is 5.21. The van der Waals surface area contributed by atoms with E-state index in [9.17, 15) is 4.79 Å². The molecule has 116 valence electrons. The average molecular weight is 387 g/mol. The molecule has 3 rings (SSSR count). The standard InChI is InChI=1S/C18H15BrN2OS/c1-12(17-7-4-10-23-17)20-21-18(22)11-13-8-9-16(19)15-6-3-2-5-14(13)15/h2-10H,11H2,1H3,(H,21,22). The van der Waals surface area contributed by atoms with Crippen LogP contribution in [0.15, 0.2) is 63.5 Å². The minimum Gasteiger partial charge on any atom is -0.273 e. The van der Waals surface area contributed by atoms with E-state index < -0.39 is 0 Å². The molecule has 1 amide bonds. The fourth-order valence-electron chi connectivity index (χ4n) is 2.38. The van der Waals surface area contributed by atoms with E-state index in [1.54, 1.807) is 11.3 Å². The highest BCUT2D eigenvalue weighted by Crippen LogP contribution is 2.27. The highest BCUT2D eigenvalue weighted by Gasteiger charge is 2.08. The number of rotatable bonds is 4. The van der Waals surface area contributed by atoms with Crippen molar-refractivity contribution in [2.75, 3.05) is 0 Å². The number of fused-ring (bicyclic) bond motifs is 1. The lowest BCUT2D eigenvalue weighted by Crippen LogP contribution is -2.21. The Bertz CT molecular complexity index is 872. The summed E-state index contributed by atoms with van der Waals surface area (Å²) in [4.78, 5) is 13.2. The Kier molecular flexibility index (Phi) is 4.88. The van der Waals surface area contributed by atoms with Gasteiger partial charge in [-0.2, -0.15) is 5.10 Å². The van der Waals surface area contributed by atoms with Gasteiger partial charge < -0.3 is 0 Å². The van der Waals surface area contributed by atoms with Crippen LogP contribution in [0.25, 0.3) is 10.8 Å². The number of hydrogen-bond donors (Lipinski definition) is 1. The summed E-state index contributed by atoms with van der Waals surface area (Å²) in [6.45, 7) is 1.89. The van der Waals surface area contributed by atoms with Gasteiger partial charge in [0.15, 0.2) is 0 Å². The SMILES string of the molecule is CC(=NNC(=O)Cc1ccc(Br)c2ccccc12)c1cccs1. The number of amides is 1. The Morgan fingerprint density at radius 1 is 1.13 bits per heavy atom. The van der Waals surface area contributed by atoms with Gasteiger partial charge in [0, 0.05) is 9.35 Å². The second-order valence-corrected chi connectivity index (χ2v) is 6.94. The van der Waals surface area contributed by atoms with Crippen LogP contribution in [0.1, 0.15) is 17.4 Å². The molecule has 0 atom stereocenters. The summed E-state index contributed by atoms with van der Waals surface area (Å²) in [6.07, 6.45) is 0.301. The Labute approximate surface area is 147 Å². The number of hydrogen-bond acceptors (Lipinski definition) is 3. The Balaban J connectivity index is 1.76. The van der Waals surface area contributed by atoms with Crippen molar-refractivity contribution in [3.63, 3.8) is 0 Å². The fourth-order valence-corrected chi connectivity index (χ4v) is 3.53. The van der Waals surface area contributed by atoms with Crippen molar-refractivity contribution in [2.45, 2.75) is 13.3 Å². The Morgan fingerprint density at radius 2 is 1.91 bits per heavy atom. The summed E-state index contributed by atoms with van der Waals surface area (Å²) in [5.41, 5.74) is 4.45. The van der Waals surface area contributed by atoms with Crippen molar-refractivity contribution in [3.05, 3.63) is 68.8 Å². The number of halogens is 1. The third-order valence-electron chi connectivity index (χ3n) is 3.54. The molecule has 23 heavy (non-hydrogen) atoms. The van der Waals surface area contributed by atoms with Gasteiger partial charge in [-0.15, -0.1) is 11.3 Å². The molecule has 3 aromatic rings. The normalized spacial score (nSPS) is 11.7. The molecule has 0 aliphatic carbocycles. The van der Waals surface area contributed by atoms with Gasteiger partial charge in [0.2, 0.25) is 5.91 Å². The summed E-state index contributed by atoms with van der Waals surface area (Å²) in [7, 11) is 0. The van der Waals surface area contributed by atoms with Crippen molar-refractivity contribution in [1.29, 1.82) is 0 Å². The predicted molar refractivity (Wildman–Crippen MR) is 100 cm³/mol. The maximum atomic E-state index is 12.2. The molecule has 5 heteroatoms. The van der Waals surface area contributed by atoms with Crippen LogP contribution in [0.3, 0.4) is 0 Å². The summed E-state index contributed by atoms with van der Waals surface area (Å²) in [5, 5.41) is 8.36. The summed E-state index contributed by atoms with van der Waals surface area (Å²) in [6, 6.07) is 15.9. The summed E-state index contributed by atoms with van der Waals surface area (Å²) >= 11 is 5.15. The van der Waals surface area contributed by atoms with Gasteiger partial charge in [0.1, 0.15) is 0 Å². The molecule has 0 aliphatic heterocycles. The molecule has 3 nitrogen and oxygen atoms in total. The van der Waals surface area contributed by atoms with Gasteiger partial charge in [0.05, 0.1) is 12.1 Å². The van der Waals surface area contributed by atoms with Crippen LogP contribution in [-0.2, 0) is 11.2 Å². The van der Waals surface area contributed by atoms with Gasteiger partial charge in [-0.25, -0.2) is 5.43 Å². The third kappa shape index (κ3) is 3.68. The molecule has 0 spiro atoms. The van der Waals surface area contributed by atoms with Crippen molar-refractivity contribution in [2.24, 2.45) is 5.10 Å². The van der Waals surface area contributed by atoms with Crippen LogP contribution in [0.5, 0.6) is 0 Å². The molecule has 0 saturated carbocycles. The smallest absolute Gasteiger partial charge is 0.244 e. The first-order valence-electron chi connectivity index (χ1n) is 7.18. The van der Waals surface area contributed by atoms with Gasteiger partial charge in [-0.05, 0) is 40.8 Å². The molecule has 0 aliphatic rings. The van der Waals surface area contributed by atoms with Crippen LogP contribution in [0.2, 0.25) is 0 Å². The monoisotopic (exact) mass is 386 g/mol. The number of carbonyl (C=O) groups is 1. The van der Waals surface area contributed by atoms with Crippen molar-refractivity contribution in [3.8, 4) is 0 Å². The first-order chi connectivity index (χ1) is 11.1. The number of thiophene rings is 1. The minimum atomic E-state index is -0.117. The summed E-state index contributed by atoms with van der Waals surface area (Å²) < 4.78 is 1.03. The highest BCUT2D eigenvalue weighted by atomic mass is 79.9. The molecule has 0 saturated heterocycles. The molecule has 0 unspecified atom stereocenters. The second kappa shape index (κ2) is 7.06. The Hall–Kier alpha value is -1.98. The topological polar surface area (TPSA) is 41.5 Å². The average Bonchev–Trinajstić information content (AvgIpc) is 3.10. The molecular formula is C18H15BrN2OS. The van der Waals surface area contributed by atoms with Crippen LogP contribution >= 0.6 is 27.3 Å². The minimum absolute atomic E-state index is 0.117. The molecular weight excluding hydrogens is 372 g/mol. The van der Waals surface area contributed by atoms with E-state index in [-0.39, 0.29) is 5.91 Å². The first-order valence-corrected chi connectivity index (χ1v) is 8.85. The molecule has 1 heterocycles. The van der Waals surface area contributed by atoms with Crippen molar-refractivity contribution in [1.82, 2.24) is 5.43 Å². The highest BCUT2D eigenvalue weighted by molar-refractivity contribution is 9.10. The molecule has 2 aromatic carbocycles. The molecule has 1 aromatic heterocycles. The lowest BCUT2D eigenvalue weighted by atomic mass is 10.0. The van der Waals surface area contributed by atoms with E-state index in [1.165, 1.54) is 0 Å². The zero-order valence-corrected chi connectivity index (χ0v) is 14.9. The van der Waals surface area contributed by atoms with E-state index in [2.05, 4.69) is 26.5 Å². The van der Waals surface area contributed by atoms with Gasteiger partial charge >= 0.3 is 0 Å². The van der Waals surface area contributed by atoms with E-state index in [1.807, 2.05) is 60.8 Å². The number of hydrazone groups is 1. The maximum Gasteiger partial charge on any atom is 0.244 e. The van der Waals surface area contributed by atoms with Crippen molar-refractivity contribution >= 4 is 49.7 Å². The fraction of sp³-hybridized carbons (Fsp3) is 0.111. The zero-order valence-electron chi connectivity index (χ0n) is 12.5. The van der Waals surface area contributed by atoms with Crippen LogP contribution < -0.4 is 5.43 Å². The van der Waals surface area contributed by atoms with Gasteiger partial charge in [-0.1, -0.05) is 52.3 Å². The molecule has 0 radical (unpaired) electrons. The second-order valence-electron chi connectivity index (χ2n) is 5.14. The van der Waals surface area contributed by atoms with Gasteiger partial charge in [0.25, 0.3) is 0 Å². The first kappa shape index (κ1) is 15.9. The maximum absolute atomic E-state index is 12.2. The number of benzene rings is 2. The summed E-state index contributed by atoms with van der Waals surface area (Å²) in [5.74, 6) is -0.117. The van der Waals surface area contributed by atoms with E-state index in [0.717, 1.165) is 31.4 Å². The zero-order chi connectivity index (χ0) is 16.2. The lowest BCUT2D eigenvalue weighted by Gasteiger charge is -2.08. The Morgan fingerprint density at radius 3 is 2.65 bits per heavy atom. The van der Waals surface area contributed by atoms with E-state index in [0.29, 0.717) is 6.42 Å². The van der Waals surface area contributed by atoms with Crippen LogP contribution in [-0.4, -0.2) is 11.6 Å².